The van der Waals surface area contributed by atoms with Crippen LogP contribution in [-0.4, -0.2) is 53.2 Å². The molecule has 2 aromatic carbocycles. The molecular formula is C23H28FN3O4S. The quantitative estimate of drug-likeness (QED) is 0.631. The average molecular weight is 462 g/mol. The molecule has 0 aliphatic carbocycles. The third kappa shape index (κ3) is 5.65. The lowest BCUT2D eigenvalue weighted by molar-refractivity contribution is 0.0948. The molecule has 2 fully saturated rings. The van der Waals surface area contributed by atoms with Crippen molar-refractivity contribution in [2.24, 2.45) is 5.92 Å². The molecule has 0 saturated carbocycles. The lowest BCUT2D eigenvalue weighted by Gasteiger charge is -2.19. The van der Waals surface area contributed by atoms with Gasteiger partial charge in [-0.05, 0) is 73.7 Å². The number of anilines is 1. The first-order chi connectivity index (χ1) is 15.4. The van der Waals surface area contributed by atoms with Gasteiger partial charge in [0.2, 0.25) is 10.0 Å². The maximum Gasteiger partial charge on any atom is 0.251 e. The fourth-order valence-electron chi connectivity index (χ4n) is 4.10. The first-order valence-electron chi connectivity index (χ1n) is 10.9. The zero-order valence-electron chi connectivity index (χ0n) is 17.8. The standard InChI is InChI=1S/C23H28FN3O4S/c24-19-5-7-20(8-6-19)27-12-11-17(16-27)14-25-23(28)18-3-9-22(10-4-18)32(29,30)26-15-21-2-1-13-31-21/h3-10,17,21,26H,1-2,11-16H2,(H,25,28). The molecule has 4 rings (SSSR count). The summed E-state index contributed by atoms with van der Waals surface area (Å²) >= 11 is 0. The number of sulfonamides is 1. The average Bonchev–Trinajstić information content (AvgIpc) is 3.49. The zero-order valence-corrected chi connectivity index (χ0v) is 18.6. The van der Waals surface area contributed by atoms with Crippen LogP contribution in [0.5, 0.6) is 0 Å². The van der Waals surface area contributed by atoms with Crippen LogP contribution in [0.2, 0.25) is 0 Å². The third-order valence-electron chi connectivity index (χ3n) is 5.98. The fraction of sp³-hybridized carbons (Fsp3) is 0.435. The van der Waals surface area contributed by atoms with Crippen LogP contribution in [0, 0.1) is 11.7 Å². The van der Waals surface area contributed by atoms with Crippen LogP contribution in [0.3, 0.4) is 0 Å². The highest BCUT2D eigenvalue weighted by molar-refractivity contribution is 7.89. The molecule has 0 bridgehead atoms. The van der Waals surface area contributed by atoms with Gasteiger partial charge in [0.25, 0.3) is 5.91 Å². The number of nitrogens with zero attached hydrogens (tertiary/aromatic N) is 1. The second-order valence-corrected chi connectivity index (χ2v) is 10.1. The van der Waals surface area contributed by atoms with Gasteiger partial charge in [-0.2, -0.15) is 0 Å². The Hall–Kier alpha value is -2.49. The van der Waals surface area contributed by atoms with Crippen LogP contribution in [0.25, 0.3) is 0 Å². The molecule has 2 heterocycles. The van der Waals surface area contributed by atoms with Crippen LogP contribution in [0.1, 0.15) is 29.6 Å². The van der Waals surface area contributed by atoms with Gasteiger partial charge >= 0.3 is 0 Å². The van der Waals surface area contributed by atoms with Gasteiger partial charge in [-0.1, -0.05) is 0 Å². The zero-order chi connectivity index (χ0) is 22.6. The molecule has 32 heavy (non-hydrogen) atoms. The Balaban J connectivity index is 1.26. The van der Waals surface area contributed by atoms with E-state index in [2.05, 4.69) is 14.9 Å². The lowest BCUT2D eigenvalue weighted by atomic mass is 10.1. The Kier molecular flexibility index (Phi) is 7.07. The molecule has 2 unspecified atom stereocenters. The highest BCUT2D eigenvalue weighted by Crippen LogP contribution is 2.23. The van der Waals surface area contributed by atoms with Crippen LogP contribution in [0.4, 0.5) is 10.1 Å². The summed E-state index contributed by atoms with van der Waals surface area (Å²) in [5.74, 6) is -0.193. The van der Waals surface area contributed by atoms with E-state index >= 15 is 0 Å². The largest absolute Gasteiger partial charge is 0.377 e. The molecule has 2 aromatic rings. The Morgan fingerprint density at radius 2 is 1.81 bits per heavy atom. The number of carbonyl (C=O) groups excluding carboxylic acids is 1. The summed E-state index contributed by atoms with van der Waals surface area (Å²) in [7, 11) is -3.64. The molecule has 0 spiro atoms. The van der Waals surface area contributed by atoms with Gasteiger partial charge in [0.1, 0.15) is 5.82 Å². The Bertz CT molecular complexity index is 1020. The number of hydrogen-bond acceptors (Lipinski definition) is 5. The van der Waals surface area contributed by atoms with Gasteiger partial charge in [0, 0.05) is 44.0 Å². The summed E-state index contributed by atoms with van der Waals surface area (Å²) in [4.78, 5) is 14.8. The topological polar surface area (TPSA) is 87.7 Å². The predicted molar refractivity (Wildman–Crippen MR) is 120 cm³/mol. The summed E-state index contributed by atoms with van der Waals surface area (Å²) in [5.41, 5.74) is 1.39. The van der Waals surface area contributed by atoms with Crippen molar-refractivity contribution >= 4 is 21.6 Å². The maximum absolute atomic E-state index is 13.1. The Labute approximate surface area is 188 Å². The van der Waals surface area contributed by atoms with Gasteiger partial charge in [-0.15, -0.1) is 0 Å². The van der Waals surface area contributed by atoms with Crippen molar-refractivity contribution in [1.82, 2.24) is 10.0 Å². The van der Waals surface area contributed by atoms with Gasteiger partial charge in [-0.3, -0.25) is 4.79 Å². The Morgan fingerprint density at radius 3 is 2.50 bits per heavy atom. The first kappa shape index (κ1) is 22.7. The normalized spacial score (nSPS) is 21.1. The van der Waals surface area contributed by atoms with E-state index in [0.717, 1.165) is 38.0 Å². The van der Waals surface area contributed by atoms with Crippen molar-refractivity contribution in [1.29, 1.82) is 0 Å². The van der Waals surface area contributed by atoms with Crippen molar-refractivity contribution in [3.05, 3.63) is 59.9 Å². The highest BCUT2D eigenvalue weighted by Gasteiger charge is 2.24. The molecule has 0 radical (unpaired) electrons. The van der Waals surface area contributed by atoms with E-state index in [1.807, 2.05) is 0 Å². The summed E-state index contributed by atoms with van der Waals surface area (Å²) in [6.07, 6.45) is 2.65. The van der Waals surface area contributed by atoms with E-state index in [1.54, 1.807) is 12.1 Å². The minimum atomic E-state index is -3.64. The second-order valence-electron chi connectivity index (χ2n) is 8.30. The monoisotopic (exact) mass is 461 g/mol. The number of ether oxygens (including phenoxy) is 1. The van der Waals surface area contributed by atoms with Crippen molar-refractivity contribution < 1.29 is 22.3 Å². The molecular weight excluding hydrogens is 433 g/mol. The van der Waals surface area contributed by atoms with Crippen molar-refractivity contribution in [3.63, 3.8) is 0 Å². The van der Waals surface area contributed by atoms with E-state index in [9.17, 15) is 17.6 Å². The minimum absolute atomic E-state index is 0.0793. The number of halogens is 1. The maximum atomic E-state index is 13.1. The van der Waals surface area contributed by atoms with Crippen molar-refractivity contribution in [3.8, 4) is 0 Å². The van der Waals surface area contributed by atoms with E-state index in [4.69, 9.17) is 4.74 Å². The van der Waals surface area contributed by atoms with E-state index in [1.165, 1.54) is 36.4 Å². The Morgan fingerprint density at radius 1 is 1.06 bits per heavy atom. The molecule has 9 heteroatoms. The number of amides is 1. The molecule has 2 atom stereocenters. The second kappa shape index (κ2) is 9.97. The van der Waals surface area contributed by atoms with Crippen LogP contribution < -0.4 is 14.9 Å². The molecule has 2 saturated heterocycles. The number of carbonyl (C=O) groups is 1. The lowest BCUT2D eigenvalue weighted by Crippen LogP contribution is -2.32. The summed E-state index contributed by atoms with van der Waals surface area (Å²) < 4.78 is 46.0. The smallest absolute Gasteiger partial charge is 0.251 e. The van der Waals surface area contributed by atoms with E-state index in [-0.39, 0.29) is 29.3 Å². The number of rotatable bonds is 8. The highest BCUT2D eigenvalue weighted by atomic mass is 32.2. The van der Waals surface area contributed by atoms with Crippen LogP contribution >= 0.6 is 0 Å². The summed E-state index contributed by atoms with van der Waals surface area (Å²) in [6.45, 7) is 3.10. The first-order valence-corrected chi connectivity index (χ1v) is 12.4. The SMILES string of the molecule is O=C(NCC1CCN(c2ccc(F)cc2)C1)c1ccc(S(=O)(=O)NCC2CCCO2)cc1. The van der Waals surface area contributed by atoms with E-state index in [0.29, 0.717) is 24.6 Å². The number of hydrogen-bond donors (Lipinski definition) is 2. The fourth-order valence-corrected chi connectivity index (χ4v) is 5.17. The van der Waals surface area contributed by atoms with Gasteiger partial charge < -0.3 is 15.0 Å². The van der Waals surface area contributed by atoms with Crippen LogP contribution in [0.15, 0.2) is 53.4 Å². The van der Waals surface area contributed by atoms with Gasteiger partial charge in [0.15, 0.2) is 0 Å². The van der Waals surface area contributed by atoms with Gasteiger partial charge in [0.05, 0.1) is 11.0 Å². The molecule has 172 valence electrons. The third-order valence-corrected chi connectivity index (χ3v) is 7.42. The summed E-state index contributed by atoms with van der Waals surface area (Å²) in [5, 5.41) is 2.94. The number of benzene rings is 2. The van der Waals surface area contributed by atoms with E-state index < -0.39 is 10.0 Å². The molecule has 7 nitrogen and oxygen atoms in total. The van der Waals surface area contributed by atoms with Crippen molar-refractivity contribution in [2.45, 2.75) is 30.3 Å². The molecule has 1 amide bonds. The molecule has 2 aliphatic heterocycles. The molecule has 2 aliphatic rings. The molecule has 0 aromatic heterocycles. The molecule has 2 N–H and O–H groups in total. The van der Waals surface area contributed by atoms with Crippen molar-refractivity contribution in [2.75, 3.05) is 37.7 Å². The predicted octanol–water partition coefficient (Wildman–Crippen LogP) is 2.54. The van der Waals surface area contributed by atoms with Crippen LogP contribution in [-0.2, 0) is 14.8 Å². The minimum Gasteiger partial charge on any atom is -0.377 e. The van der Waals surface area contributed by atoms with Gasteiger partial charge in [-0.25, -0.2) is 17.5 Å². The summed E-state index contributed by atoms with van der Waals surface area (Å²) in [6, 6.07) is 12.4. The number of nitrogens with one attached hydrogen (secondary N) is 2.